The van der Waals surface area contributed by atoms with E-state index in [1.54, 1.807) is 37.1 Å². The van der Waals surface area contributed by atoms with Crippen molar-refractivity contribution in [3.63, 3.8) is 0 Å². The predicted octanol–water partition coefficient (Wildman–Crippen LogP) is 8.09. The smallest absolute Gasteiger partial charge is 0.149 e. The third-order valence-electron chi connectivity index (χ3n) is 10.4. The molecule has 0 atom stereocenters. The van der Waals surface area contributed by atoms with E-state index >= 15 is 0 Å². The number of benzene rings is 2. The summed E-state index contributed by atoms with van der Waals surface area (Å²) in [5, 5.41) is 32.1. The first-order valence-corrected chi connectivity index (χ1v) is 17.8. The molecule has 12 nitrogen and oxygen atoms in total. The quantitative estimate of drug-likeness (QED) is 0.121. The fourth-order valence-electron chi connectivity index (χ4n) is 7.17. The van der Waals surface area contributed by atoms with Crippen molar-refractivity contribution in [1.82, 2.24) is 50.5 Å². The number of imidazole rings is 1. The van der Waals surface area contributed by atoms with Gasteiger partial charge in [-0.2, -0.15) is 5.10 Å². The van der Waals surface area contributed by atoms with Gasteiger partial charge in [-0.1, -0.05) is 18.2 Å². The number of anilines is 2. The minimum atomic E-state index is -0.504. The van der Waals surface area contributed by atoms with Gasteiger partial charge in [-0.15, -0.1) is 20.4 Å². The van der Waals surface area contributed by atoms with Crippen LogP contribution in [0.3, 0.4) is 0 Å². The number of aromatic nitrogens is 10. The zero-order valence-electron chi connectivity index (χ0n) is 29.0. The summed E-state index contributed by atoms with van der Waals surface area (Å²) >= 11 is 0. The standard InChI is InChI=1S/2C20H17FN6/c21-15-3-1-10-22-19(15)20(8-2-9-20)24-18-7-6-16(26-27-18)13-4-5-14-12-23-25-17(14)11-13;21-14-3-1-10-22-19(14)20(8-2-9-20)25-18-7-6-15(26-27-18)13-4-5-16-17(11-13)24-12-23-16/h1,3-7,10-12H,2,8-9H2,(H,23,25)(H,24,27);1,3-7,10-12H,2,8-9H2,(H,23,24)(H,25,27). The lowest BCUT2D eigenvalue weighted by molar-refractivity contribution is 0.265. The van der Waals surface area contributed by atoms with Gasteiger partial charge < -0.3 is 15.6 Å². The van der Waals surface area contributed by atoms with Gasteiger partial charge >= 0.3 is 0 Å². The Balaban J connectivity index is 0.000000142. The summed E-state index contributed by atoms with van der Waals surface area (Å²) < 4.78 is 28.5. The van der Waals surface area contributed by atoms with E-state index < -0.39 is 11.1 Å². The largest absolute Gasteiger partial charge is 0.357 e. The summed E-state index contributed by atoms with van der Waals surface area (Å²) in [6, 6.07) is 25.6. The van der Waals surface area contributed by atoms with Crippen molar-refractivity contribution in [2.24, 2.45) is 0 Å². The number of rotatable bonds is 8. The van der Waals surface area contributed by atoms with Crippen molar-refractivity contribution >= 4 is 33.6 Å². The van der Waals surface area contributed by atoms with E-state index in [4.69, 9.17) is 0 Å². The molecule has 0 spiro atoms. The molecule has 2 fully saturated rings. The highest BCUT2D eigenvalue weighted by Gasteiger charge is 2.43. The topological polar surface area (TPSA) is 159 Å². The summed E-state index contributed by atoms with van der Waals surface area (Å²) in [7, 11) is 0. The highest BCUT2D eigenvalue weighted by molar-refractivity contribution is 5.83. The number of hydrogen-bond acceptors (Lipinski definition) is 10. The maximum absolute atomic E-state index is 14.2. The molecular weight excluding hydrogens is 687 g/mol. The molecule has 0 aliphatic heterocycles. The number of aromatic amines is 2. The molecule has 4 N–H and O–H groups in total. The van der Waals surface area contributed by atoms with Crippen molar-refractivity contribution < 1.29 is 8.78 Å². The van der Waals surface area contributed by atoms with Gasteiger partial charge in [-0.3, -0.25) is 15.1 Å². The van der Waals surface area contributed by atoms with Crippen LogP contribution in [0.4, 0.5) is 20.4 Å². The van der Waals surface area contributed by atoms with Gasteiger partial charge in [0, 0.05) is 28.9 Å². The molecule has 0 saturated heterocycles. The van der Waals surface area contributed by atoms with Crippen molar-refractivity contribution in [2.75, 3.05) is 10.6 Å². The SMILES string of the molecule is Fc1cccnc1C1(Nc2ccc(-c3ccc4cn[nH]c4c3)nn2)CCC1.Fc1cccnc1C1(Nc2ccc(-c3ccc4nc[nH]c4c3)nn2)CCC1. The Morgan fingerprint density at radius 3 is 1.69 bits per heavy atom. The second-order valence-electron chi connectivity index (χ2n) is 13.7. The zero-order chi connectivity index (χ0) is 36.5. The van der Waals surface area contributed by atoms with E-state index in [-0.39, 0.29) is 11.6 Å². The van der Waals surface area contributed by atoms with E-state index in [0.29, 0.717) is 23.0 Å². The highest BCUT2D eigenvalue weighted by atomic mass is 19.1. The molecule has 10 rings (SSSR count). The van der Waals surface area contributed by atoms with Crippen molar-refractivity contribution in [3.05, 3.63) is 133 Å². The summed E-state index contributed by atoms with van der Waals surface area (Å²) in [4.78, 5) is 15.8. The molecule has 268 valence electrons. The second kappa shape index (κ2) is 13.7. The summed E-state index contributed by atoms with van der Waals surface area (Å²) in [5.74, 6) is 0.654. The van der Waals surface area contributed by atoms with Gasteiger partial charge in [-0.05, 0) is 105 Å². The molecule has 2 aliphatic carbocycles. The molecule has 2 aliphatic rings. The van der Waals surface area contributed by atoms with Gasteiger partial charge in [0.05, 0.1) is 51.5 Å². The number of H-pyrrole nitrogens is 2. The van der Waals surface area contributed by atoms with E-state index in [0.717, 1.165) is 83.0 Å². The summed E-state index contributed by atoms with van der Waals surface area (Å²) in [6.07, 6.45) is 12.0. The Kier molecular flexibility index (Phi) is 8.41. The van der Waals surface area contributed by atoms with Crippen LogP contribution in [0.2, 0.25) is 0 Å². The van der Waals surface area contributed by atoms with Gasteiger partial charge in [0.15, 0.2) is 0 Å². The summed E-state index contributed by atoms with van der Waals surface area (Å²) in [5.41, 5.74) is 6.17. The lowest BCUT2D eigenvalue weighted by Gasteiger charge is -2.42. The number of hydrogen-bond donors (Lipinski definition) is 4. The summed E-state index contributed by atoms with van der Waals surface area (Å²) in [6.45, 7) is 0. The Labute approximate surface area is 308 Å². The molecule has 54 heavy (non-hydrogen) atoms. The third-order valence-corrected chi connectivity index (χ3v) is 10.4. The van der Waals surface area contributed by atoms with Gasteiger partial charge in [0.2, 0.25) is 0 Å². The molecule has 14 heteroatoms. The first-order chi connectivity index (χ1) is 26.5. The van der Waals surface area contributed by atoms with Crippen molar-refractivity contribution in [1.29, 1.82) is 0 Å². The number of fused-ring (bicyclic) bond motifs is 2. The van der Waals surface area contributed by atoms with Gasteiger partial charge in [0.1, 0.15) is 34.7 Å². The van der Waals surface area contributed by atoms with E-state index in [2.05, 4.69) is 61.2 Å². The van der Waals surface area contributed by atoms with Crippen LogP contribution in [-0.2, 0) is 11.1 Å². The maximum Gasteiger partial charge on any atom is 0.149 e. The maximum atomic E-state index is 14.2. The fraction of sp³-hybridized carbons (Fsp3) is 0.200. The lowest BCUT2D eigenvalue weighted by atomic mass is 9.74. The molecule has 2 saturated carbocycles. The Hall–Kier alpha value is -6.70. The molecule has 6 aromatic heterocycles. The molecule has 0 unspecified atom stereocenters. The Morgan fingerprint density at radius 1 is 0.593 bits per heavy atom. The van der Waals surface area contributed by atoms with Crippen LogP contribution in [-0.4, -0.2) is 50.5 Å². The number of halogens is 2. The molecule has 6 heterocycles. The minimum absolute atomic E-state index is 0.290. The molecule has 0 radical (unpaired) electrons. The van der Waals surface area contributed by atoms with E-state index in [1.807, 2.05) is 60.7 Å². The molecule has 2 aromatic carbocycles. The van der Waals surface area contributed by atoms with Crippen LogP contribution in [0, 0.1) is 11.6 Å². The first-order valence-electron chi connectivity index (χ1n) is 17.8. The molecule has 0 bridgehead atoms. The Bertz CT molecular complexity index is 2380. The fourth-order valence-corrected chi connectivity index (χ4v) is 7.17. The van der Waals surface area contributed by atoms with Crippen LogP contribution in [0.25, 0.3) is 44.5 Å². The molecule has 0 amide bonds. The average molecular weight is 721 g/mol. The zero-order valence-corrected chi connectivity index (χ0v) is 29.0. The Morgan fingerprint density at radius 2 is 1.17 bits per heavy atom. The van der Waals surface area contributed by atoms with Crippen molar-refractivity contribution in [3.8, 4) is 22.5 Å². The van der Waals surface area contributed by atoms with E-state index in [1.165, 1.54) is 12.1 Å². The second-order valence-corrected chi connectivity index (χ2v) is 13.7. The average Bonchev–Trinajstić information content (AvgIpc) is 3.86. The van der Waals surface area contributed by atoms with Crippen LogP contribution in [0.5, 0.6) is 0 Å². The highest BCUT2D eigenvalue weighted by Crippen LogP contribution is 2.45. The van der Waals surface area contributed by atoms with Crippen LogP contribution in [0.15, 0.2) is 110 Å². The van der Waals surface area contributed by atoms with Crippen LogP contribution in [0.1, 0.15) is 49.9 Å². The molecule has 8 aromatic rings. The van der Waals surface area contributed by atoms with E-state index in [9.17, 15) is 8.78 Å². The molecular formula is C40H34F2N12. The number of nitrogens with zero attached hydrogens (tertiary/aromatic N) is 8. The minimum Gasteiger partial charge on any atom is -0.357 e. The van der Waals surface area contributed by atoms with Gasteiger partial charge in [-0.25, -0.2) is 13.8 Å². The third kappa shape index (κ3) is 6.25. The van der Waals surface area contributed by atoms with Crippen molar-refractivity contribution in [2.45, 2.75) is 49.6 Å². The number of pyridine rings is 2. The van der Waals surface area contributed by atoms with Gasteiger partial charge in [0.25, 0.3) is 0 Å². The normalized spacial score (nSPS) is 15.4. The first kappa shape index (κ1) is 33.2. The van der Waals surface area contributed by atoms with Crippen LogP contribution >= 0.6 is 0 Å². The monoisotopic (exact) mass is 720 g/mol. The number of nitrogens with one attached hydrogen (secondary N) is 4. The van der Waals surface area contributed by atoms with Crippen LogP contribution < -0.4 is 10.6 Å². The predicted molar refractivity (Wildman–Crippen MR) is 201 cm³/mol. The lowest BCUT2D eigenvalue weighted by Crippen LogP contribution is -2.43.